The van der Waals surface area contributed by atoms with Gasteiger partial charge in [0, 0.05) is 28.7 Å². The van der Waals surface area contributed by atoms with Gasteiger partial charge in [-0.1, -0.05) is 47.6 Å². The lowest BCUT2D eigenvalue weighted by Gasteiger charge is -2.05. The van der Waals surface area contributed by atoms with Gasteiger partial charge in [-0.25, -0.2) is 0 Å². The molecule has 0 fully saturated rings. The third-order valence-electron chi connectivity index (χ3n) is 5.39. The van der Waals surface area contributed by atoms with Crippen molar-refractivity contribution < 1.29 is 4.52 Å². The van der Waals surface area contributed by atoms with E-state index in [1.165, 1.54) is 0 Å². The van der Waals surface area contributed by atoms with E-state index in [9.17, 15) is 0 Å². The summed E-state index contributed by atoms with van der Waals surface area (Å²) in [5.74, 6) is 1.27. The summed E-state index contributed by atoms with van der Waals surface area (Å²) < 4.78 is 7.28. The molecule has 31 heavy (non-hydrogen) atoms. The van der Waals surface area contributed by atoms with Crippen LogP contribution in [0.4, 0.5) is 0 Å². The predicted octanol–water partition coefficient (Wildman–Crippen LogP) is 4.97. The fourth-order valence-corrected chi connectivity index (χ4v) is 3.85. The first-order valence-corrected chi connectivity index (χ1v) is 9.86. The highest BCUT2D eigenvalue weighted by atomic mass is 16.5. The Hall–Kier alpha value is -4.39. The number of nitrogens with zero attached hydrogens (tertiary/aromatic N) is 6. The largest absolute Gasteiger partial charge is 0.360 e. The molecule has 0 bridgehead atoms. The van der Waals surface area contributed by atoms with Gasteiger partial charge in [0.05, 0.1) is 11.8 Å². The molecule has 0 spiro atoms. The molecule has 6 rings (SSSR count). The zero-order valence-electron chi connectivity index (χ0n) is 16.6. The van der Waals surface area contributed by atoms with Crippen molar-refractivity contribution in [3.8, 4) is 33.8 Å². The standard InChI is InChI=1S/C24H16N6O/c1-15-21(22(29-31-15)17-5-3-2-4-6-17)24-28-27-23-20-13-18(16-9-11-25-12-10-16)7-8-19(20)14-26-30(23)24/h2-14H,1H3. The Morgan fingerprint density at radius 3 is 2.52 bits per heavy atom. The van der Waals surface area contributed by atoms with Crippen molar-refractivity contribution in [1.29, 1.82) is 0 Å². The number of aryl methyl sites for hydroxylation is 1. The summed E-state index contributed by atoms with van der Waals surface area (Å²) in [4.78, 5) is 4.11. The van der Waals surface area contributed by atoms with Gasteiger partial charge in [-0.05, 0) is 36.2 Å². The van der Waals surface area contributed by atoms with Gasteiger partial charge in [0.2, 0.25) is 0 Å². The normalized spacial score (nSPS) is 11.4. The number of hydrogen-bond acceptors (Lipinski definition) is 6. The van der Waals surface area contributed by atoms with Crippen LogP contribution in [-0.4, -0.2) is 30.0 Å². The van der Waals surface area contributed by atoms with Gasteiger partial charge in [0.25, 0.3) is 0 Å². The monoisotopic (exact) mass is 404 g/mol. The van der Waals surface area contributed by atoms with Crippen LogP contribution in [0.1, 0.15) is 5.76 Å². The predicted molar refractivity (Wildman–Crippen MR) is 117 cm³/mol. The summed E-state index contributed by atoms with van der Waals surface area (Å²) in [7, 11) is 0. The molecule has 0 aliphatic heterocycles. The molecule has 7 heteroatoms. The van der Waals surface area contributed by atoms with Crippen LogP contribution in [0.5, 0.6) is 0 Å². The van der Waals surface area contributed by atoms with E-state index in [2.05, 4.69) is 37.6 Å². The quantitative estimate of drug-likeness (QED) is 0.414. The average molecular weight is 404 g/mol. The molecular formula is C24H16N6O. The Morgan fingerprint density at radius 2 is 1.68 bits per heavy atom. The van der Waals surface area contributed by atoms with Crippen LogP contribution in [0.15, 0.2) is 83.8 Å². The minimum Gasteiger partial charge on any atom is -0.360 e. The van der Waals surface area contributed by atoms with E-state index in [-0.39, 0.29) is 0 Å². The molecule has 148 valence electrons. The second-order valence-electron chi connectivity index (χ2n) is 7.27. The maximum atomic E-state index is 5.52. The second-order valence-corrected chi connectivity index (χ2v) is 7.27. The van der Waals surface area contributed by atoms with Crippen molar-refractivity contribution in [3.63, 3.8) is 0 Å². The minimum atomic E-state index is 0.601. The summed E-state index contributed by atoms with van der Waals surface area (Å²) in [6, 6.07) is 20.1. The van der Waals surface area contributed by atoms with E-state index in [0.717, 1.165) is 38.7 Å². The molecule has 0 radical (unpaired) electrons. The van der Waals surface area contributed by atoms with Gasteiger partial charge in [0.1, 0.15) is 11.5 Å². The molecule has 0 atom stereocenters. The molecule has 0 aliphatic rings. The van der Waals surface area contributed by atoms with Crippen molar-refractivity contribution in [2.45, 2.75) is 6.92 Å². The lowest BCUT2D eigenvalue weighted by Crippen LogP contribution is -1.97. The number of hydrogen-bond donors (Lipinski definition) is 0. The highest BCUT2D eigenvalue weighted by Gasteiger charge is 2.22. The van der Waals surface area contributed by atoms with Crippen LogP contribution in [0.2, 0.25) is 0 Å². The van der Waals surface area contributed by atoms with E-state index >= 15 is 0 Å². The van der Waals surface area contributed by atoms with E-state index in [1.807, 2.05) is 61.7 Å². The van der Waals surface area contributed by atoms with Crippen LogP contribution in [0.25, 0.3) is 50.2 Å². The molecule has 0 amide bonds. The van der Waals surface area contributed by atoms with Crippen LogP contribution >= 0.6 is 0 Å². The minimum absolute atomic E-state index is 0.601. The number of rotatable bonds is 3. The average Bonchev–Trinajstić information content (AvgIpc) is 3.43. The first kappa shape index (κ1) is 17.5. The third-order valence-corrected chi connectivity index (χ3v) is 5.39. The summed E-state index contributed by atoms with van der Waals surface area (Å²) in [5, 5.41) is 19.8. The maximum Gasteiger partial charge on any atom is 0.191 e. The fraction of sp³-hybridized carbons (Fsp3) is 0.0417. The van der Waals surface area contributed by atoms with Crippen molar-refractivity contribution >= 4 is 16.4 Å². The van der Waals surface area contributed by atoms with Crippen LogP contribution in [0, 0.1) is 6.92 Å². The number of fused-ring (bicyclic) bond motifs is 3. The zero-order valence-corrected chi connectivity index (χ0v) is 16.6. The lowest BCUT2D eigenvalue weighted by molar-refractivity contribution is 0.400. The second kappa shape index (κ2) is 6.84. The SMILES string of the molecule is Cc1onc(-c2ccccc2)c1-c1nnc2c3cc(-c4ccncc4)ccc3cnn12. The Balaban J connectivity index is 1.58. The Labute approximate surface area is 177 Å². The summed E-state index contributed by atoms with van der Waals surface area (Å²) in [6.45, 7) is 1.87. The molecule has 7 nitrogen and oxygen atoms in total. The zero-order chi connectivity index (χ0) is 20.8. The first-order chi connectivity index (χ1) is 15.3. The van der Waals surface area contributed by atoms with Gasteiger partial charge in [-0.15, -0.1) is 10.2 Å². The molecule has 4 heterocycles. The first-order valence-electron chi connectivity index (χ1n) is 9.86. The highest BCUT2D eigenvalue weighted by Crippen LogP contribution is 2.34. The van der Waals surface area contributed by atoms with Crippen molar-refractivity contribution in [3.05, 3.63) is 85.0 Å². The maximum absolute atomic E-state index is 5.52. The molecule has 0 aliphatic carbocycles. The van der Waals surface area contributed by atoms with E-state index in [1.54, 1.807) is 16.9 Å². The molecular weight excluding hydrogens is 388 g/mol. The topological polar surface area (TPSA) is 82.0 Å². The van der Waals surface area contributed by atoms with E-state index in [0.29, 0.717) is 17.2 Å². The lowest BCUT2D eigenvalue weighted by atomic mass is 10.0. The molecule has 0 saturated carbocycles. The molecule has 2 aromatic carbocycles. The summed E-state index contributed by atoms with van der Waals surface area (Å²) in [5.41, 5.74) is 5.32. The van der Waals surface area contributed by atoms with Crippen molar-refractivity contribution in [2.24, 2.45) is 0 Å². The van der Waals surface area contributed by atoms with Crippen molar-refractivity contribution in [1.82, 2.24) is 30.0 Å². The molecule has 6 aromatic rings. The smallest absolute Gasteiger partial charge is 0.191 e. The van der Waals surface area contributed by atoms with Gasteiger partial charge < -0.3 is 4.52 Å². The third kappa shape index (κ3) is 2.78. The van der Waals surface area contributed by atoms with Gasteiger partial charge in [-0.2, -0.15) is 9.61 Å². The Kier molecular flexibility index (Phi) is 3.86. The highest BCUT2D eigenvalue weighted by molar-refractivity contribution is 5.96. The van der Waals surface area contributed by atoms with Crippen LogP contribution < -0.4 is 0 Å². The molecule has 4 aromatic heterocycles. The van der Waals surface area contributed by atoms with E-state index in [4.69, 9.17) is 4.52 Å². The molecule has 0 saturated heterocycles. The van der Waals surface area contributed by atoms with Crippen molar-refractivity contribution in [2.75, 3.05) is 0 Å². The van der Waals surface area contributed by atoms with Gasteiger partial charge in [0.15, 0.2) is 11.5 Å². The molecule has 0 unspecified atom stereocenters. The number of pyridine rings is 1. The van der Waals surface area contributed by atoms with Gasteiger partial charge in [-0.3, -0.25) is 4.98 Å². The summed E-state index contributed by atoms with van der Waals surface area (Å²) >= 11 is 0. The summed E-state index contributed by atoms with van der Waals surface area (Å²) in [6.07, 6.45) is 5.41. The van der Waals surface area contributed by atoms with Crippen LogP contribution in [-0.2, 0) is 0 Å². The Morgan fingerprint density at radius 1 is 0.839 bits per heavy atom. The number of aromatic nitrogens is 6. The van der Waals surface area contributed by atoms with E-state index < -0.39 is 0 Å². The number of benzene rings is 2. The molecule has 0 N–H and O–H groups in total. The fourth-order valence-electron chi connectivity index (χ4n) is 3.85. The van der Waals surface area contributed by atoms with Gasteiger partial charge >= 0.3 is 0 Å². The Bertz CT molecular complexity index is 1540. The van der Waals surface area contributed by atoms with Crippen LogP contribution in [0.3, 0.4) is 0 Å².